The molecule has 0 heterocycles. The summed E-state index contributed by atoms with van der Waals surface area (Å²) in [6.07, 6.45) is 0. The summed E-state index contributed by atoms with van der Waals surface area (Å²) >= 11 is 0. The molecule has 0 saturated carbocycles. The second-order valence-electron chi connectivity index (χ2n) is 6.71. The van der Waals surface area contributed by atoms with Crippen LogP contribution in [0.1, 0.15) is 10.4 Å². The average Bonchev–Trinajstić information content (AvgIpc) is 3.31. The van der Waals surface area contributed by atoms with Crippen LogP contribution in [0.25, 0.3) is 16.5 Å². The molecule has 0 bridgehead atoms. The van der Waals surface area contributed by atoms with Crippen LogP contribution in [-0.2, 0) is 21.7 Å². The molecule has 5 aromatic carbocycles. The summed E-state index contributed by atoms with van der Waals surface area (Å²) in [6, 6.07) is 44.4. The van der Waals surface area contributed by atoms with Crippen LogP contribution in [-0.4, -0.2) is 15.4 Å². The van der Waals surface area contributed by atoms with Gasteiger partial charge in [-0.25, -0.2) is 0 Å². The average molecular weight is 536 g/mol. The predicted octanol–water partition coefficient (Wildman–Crippen LogP) is -0.215. The van der Waals surface area contributed by atoms with Crippen molar-refractivity contribution in [3.8, 4) is 0 Å². The molecule has 0 fully saturated rings. The number of rotatable bonds is 3. The van der Waals surface area contributed by atoms with Crippen molar-refractivity contribution in [2.45, 2.75) is 0 Å². The first kappa shape index (κ1) is 31.5. The molecule has 0 unspecified atom stereocenters. The molecular weight excluding hydrogens is 513 g/mol. The van der Waals surface area contributed by atoms with Crippen molar-refractivity contribution in [2.75, 3.05) is 0 Å². The van der Waals surface area contributed by atoms with Crippen LogP contribution >= 0.6 is 0 Å². The van der Waals surface area contributed by atoms with E-state index in [2.05, 4.69) is 103 Å². The van der Waals surface area contributed by atoms with Gasteiger partial charge in [0.1, 0.15) is 9.52 Å². The molecule has 2 nitrogen and oxygen atoms in total. The third-order valence-corrected chi connectivity index (χ3v) is 5.66. The third kappa shape index (κ3) is 11.1. The van der Waals surface area contributed by atoms with Crippen molar-refractivity contribution in [2.24, 2.45) is 0 Å². The summed E-state index contributed by atoms with van der Waals surface area (Å²) in [5, 5.41) is 5.46. The number of hydrogen-bond donors (Lipinski definition) is 0. The Morgan fingerprint density at radius 3 is 1.50 bits per heavy atom. The van der Waals surface area contributed by atoms with Crippen molar-refractivity contribution in [3.05, 3.63) is 145 Å². The van der Waals surface area contributed by atoms with Crippen LogP contribution < -0.4 is 35.2 Å². The second-order valence-corrected chi connectivity index (χ2v) is 8.11. The zero-order chi connectivity index (χ0) is 21.7. The van der Waals surface area contributed by atoms with E-state index in [0.29, 0.717) is 5.56 Å². The Bertz CT molecular complexity index is 1120. The molecule has 6 heteroatoms. The summed E-state index contributed by atoms with van der Waals surface area (Å²) in [7, 11) is 0.777. The Morgan fingerprint density at radius 1 is 0.618 bits per heavy atom. The Balaban J connectivity index is 0.000000471. The minimum atomic E-state index is -0.629. The van der Waals surface area contributed by atoms with E-state index in [1.807, 2.05) is 6.07 Å². The maximum Gasteiger partial charge on any atom is 4.00 e. The minimum absolute atomic E-state index is 0. The molecule has 0 aliphatic rings. The summed E-state index contributed by atoms with van der Waals surface area (Å²) in [5.41, 5.74) is 7.12. The number of hydrogen-bond acceptors (Lipinski definition) is 1. The van der Waals surface area contributed by atoms with Gasteiger partial charge in [-0.1, -0.05) is 107 Å². The Hall–Kier alpha value is -2.53. The van der Waals surface area contributed by atoms with Crippen molar-refractivity contribution in [1.29, 1.82) is 0 Å². The van der Waals surface area contributed by atoms with Crippen molar-refractivity contribution < 1.29 is 51.3 Å². The fourth-order valence-electron chi connectivity index (χ4n) is 2.87. The van der Waals surface area contributed by atoms with E-state index in [1.54, 1.807) is 24.3 Å². The van der Waals surface area contributed by atoms with Crippen LogP contribution in [0, 0.1) is 0 Å². The van der Waals surface area contributed by atoms with Crippen molar-refractivity contribution >= 4 is 36.6 Å². The smallest absolute Gasteiger partial charge is 1.00 e. The minimum Gasteiger partial charge on any atom is -1.00 e. The number of nitrogens with one attached hydrogen (secondary N) is 1. The van der Waals surface area contributed by atoms with Gasteiger partial charge in [0, 0.05) is 0 Å². The topological polar surface area (TPSA) is 40.9 Å². The zero-order valence-electron chi connectivity index (χ0n) is 18.4. The molecule has 1 N–H and O–H groups in total. The molecule has 0 atom stereocenters. The molecule has 1 amide bonds. The fraction of sp³-hybridized carbons (Fsp3) is 0. The zero-order valence-corrected chi connectivity index (χ0v) is 22.4. The van der Waals surface area contributed by atoms with Crippen LogP contribution in [0.15, 0.2) is 133 Å². The van der Waals surface area contributed by atoms with E-state index in [-0.39, 0.29) is 46.5 Å². The number of amides is 1. The van der Waals surface area contributed by atoms with Gasteiger partial charge in [0.05, 0.1) is 5.91 Å². The van der Waals surface area contributed by atoms with Gasteiger partial charge in [-0.2, -0.15) is 17.5 Å². The van der Waals surface area contributed by atoms with E-state index < -0.39 is 5.91 Å². The van der Waals surface area contributed by atoms with Gasteiger partial charge in [-0.15, -0.1) is 29.7 Å². The Labute approximate surface area is 231 Å². The summed E-state index contributed by atoms with van der Waals surface area (Å²) in [5.74, 6) is -0.629. The molecule has 34 heavy (non-hydrogen) atoms. The molecule has 168 valence electrons. The van der Waals surface area contributed by atoms with Gasteiger partial charge < -0.3 is 35.3 Å². The third-order valence-electron chi connectivity index (χ3n) is 4.42. The number of carbonyl (C=O) groups is 1. The maximum absolute atomic E-state index is 10.3. The fourth-order valence-corrected chi connectivity index (χ4v) is 3.92. The first-order valence-electron chi connectivity index (χ1n) is 10.0. The van der Waals surface area contributed by atoms with Gasteiger partial charge in [-0.05, 0) is 5.56 Å². The molecule has 0 aliphatic heterocycles. The summed E-state index contributed by atoms with van der Waals surface area (Å²) in [4.78, 5) is 10.3. The first-order valence-corrected chi connectivity index (χ1v) is 11.0. The first-order chi connectivity index (χ1) is 15.2. The molecule has 0 saturated heterocycles. The van der Waals surface area contributed by atoms with Gasteiger partial charge in [-0.3, -0.25) is 0 Å². The Morgan fingerprint density at radius 2 is 1.06 bits per heavy atom. The monoisotopic (exact) mass is 535 g/mol. The number of halogens is 2. The van der Waals surface area contributed by atoms with Crippen LogP contribution in [0.3, 0.4) is 0 Å². The summed E-state index contributed by atoms with van der Waals surface area (Å²) < 4.78 is 0. The van der Waals surface area contributed by atoms with Gasteiger partial charge >= 0.3 is 21.7 Å². The molecule has 5 rings (SSSR count). The second kappa shape index (κ2) is 17.9. The maximum atomic E-state index is 10.3. The molecule has 0 aromatic heterocycles. The normalized spacial score (nSPS) is 8.82. The number of benzene rings is 4. The van der Waals surface area contributed by atoms with Gasteiger partial charge in [0.25, 0.3) is 0 Å². The summed E-state index contributed by atoms with van der Waals surface area (Å²) in [6.45, 7) is 0. The number of carbonyl (C=O) groups excluding carboxylic acids is 1. The van der Waals surface area contributed by atoms with Gasteiger partial charge in [0.2, 0.25) is 0 Å². The van der Waals surface area contributed by atoms with E-state index >= 15 is 0 Å². The van der Waals surface area contributed by atoms with Crippen LogP contribution in [0.2, 0.25) is 0 Å². The quantitative estimate of drug-likeness (QED) is 0.233. The molecular formula is C28H23Cl2NOSiTi. The van der Waals surface area contributed by atoms with Crippen LogP contribution in [0.5, 0.6) is 0 Å². The molecule has 0 aliphatic carbocycles. The molecule has 2 radical (unpaired) electrons. The van der Waals surface area contributed by atoms with E-state index in [4.69, 9.17) is 5.73 Å². The van der Waals surface area contributed by atoms with E-state index in [9.17, 15) is 4.79 Å². The largest absolute Gasteiger partial charge is 4.00 e. The molecule has 5 aromatic rings. The van der Waals surface area contributed by atoms with Crippen LogP contribution in [0.4, 0.5) is 0 Å². The standard InChI is InChI=1S/C12H10Si.C9H7.C7H7NO.2ClH.Ti/c1-3-7-11(8-4-1)13-12-9-5-2-6-10-12;1-2-5-9-7-3-6-8(9)4-1;8-7(9)6-4-2-1-3-5-6;;;/h1-10H;1-7H;1-5H,(H2,8,9);2*1H;/q;-1;;;;+4/p-3. The number of fused-ring (bicyclic) bond motifs is 1. The van der Waals surface area contributed by atoms with E-state index in [1.165, 1.54) is 21.1 Å². The SMILES string of the molecule is [Cl-].[Cl-].[NH-]C(=O)c1ccccc1.[Ti+4].c1ccc([Si]c2ccccc2)cc1.c1ccc2[cH-]ccc2c1. The molecule has 0 spiro atoms. The predicted molar refractivity (Wildman–Crippen MR) is 133 cm³/mol. The van der Waals surface area contributed by atoms with Gasteiger partial charge in [0.15, 0.2) is 0 Å². The Kier molecular flexibility index (Phi) is 16.6. The van der Waals surface area contributed by atoms with E-state index in [0.717, 1.165) is 9.52 Å². The van der Waals surface area contributed by atoms with Crippen molar-refractivity contribution in [3.63, 3.8) is 0 Å². The van der Waals surface area contributed by atoms with Crippen molar-refractivity contribution in [1.82, 2.24) is 0 Å².